The summed E-state index contributed by atoms with van der Waals surface area (Å²) in [5.41, 5.74) is 0.932. The number of halogens is 2. The Hall–Kier alpha value is -0.896. The Morgan fingerprint density at radius 3 is 2.40 bits per heavy atom. The molecule has 1 N–H and O–H groups in total. The molecule has 0 unspecified atom stereocenters. The fraction of sp³-hybridized carbons (Fsp3) is 0.400. The van der Waals surface area contributed by atoms with Crippen LogP contribution in [0.15, 0.2) is 24.3 Å². The van der Waals surface area contributed by atoms with Crippen LogP contribution >= 0.6 is 11.3 Å². The maximum atomic E-state index is 13.1. The monoisotopic (exact) mass is 532 g/mol. The number of nitrogens with zero attached hydrogens (tertiary/aromatic N) is 2. The van der Waals surface area contributed by atoms with Gasteiger partial charge in [-0.3, -0.25) is 0 Å². The van der Waals surface area contributed by atoms with Crippen molar-refractivity contribution >= 4 is 37.8 Å². The summed E-state index contributed by atoms with van der Waals surface area (Å²) in [5, 5.41) is 11.4. The Balaban J connectivity index is 0.00000109. The summed E-state index contributed by atoms with van der Waals surface area (Å²) in [6, 6.07) is 6.66. The number of sulfonamides is 1. The zero-order valence-electron chi connectivity index (χ0n) is 17.4. The SMILES string of the molecule is CC.Cc1ccccc1C1=C(O)c2sc(C3CC3)nc2N(CC(F)F)S1(=O)=O.[CH3-].[Y]. The molecule has 2 aromatic rings. The van der Waals surface area contributed by atoms with Crippen molar-refractivity contribution in [2.75, 3.05) is 10.8 Å². The van der Waals surface area contributed by atoms with E-state index in [1.165, 1.54) is 11.3 Å². The predicted molar refractivity (Wildman–Crippen MR) is 115 cm³/mol. The second-order valence-electron chi connectivity index (χ2n) is 6.40. The largest absolute Gasteiger partial charge is 0.505 e. The fourth-order valence-electron chi connectivity index (χ4n) is 3.01. The van der Waals surface area contributed by atoms with E-state index in [9.17, 15) is 22.3 Å². The van der Waals surface area contributed by atoms with Crippen LogP contribution in [0.1, 0.15) is 53.6 Å². The van der Waals surface area contributed by atoms with E-state index in [-0.39, 0.29) is 61.7 Å². The minimum atomic E-state index is -4.36. The third kappa shape index (κ3) is 4.95. The van der Waals surface area contributed by atoms with Gasteiger partial charge in [0.2, 0.25) is 0 Å². The van der Waals surface area contributed by atoms with Gasteiger partial charge in [-0.05, 0) is 25.3 Å². The predicted octanol–water partition coefficient (Wildman–Crippen LogP) is 5.60. The average Bonchev–Trinajstić information content (AvgIpc) is 3.41. The van der Waals surface area contributed by atoms with Gasteiger partial charge in [-0.1, -0.05) is 38.1 Å². The van der Waals surface area contributed by atoms with Crippen LogP contribution < -0.4 is 4.31 Å². The smallest absolute Gasteiger partial charge is 0.270 e. The molecule has 163 valence electrons. The Bertz CT molecular complexity index is 1020. The molecule has 1 radical (unpaired) electrons. The van der Waals surface area contributed by atoms with Gasteiger partial charge in [-0.15, -0.1) is 11.3 Å². The number of hydrogen-bond donors (Lipinski definition) is 1. The second kappa shape index (κ2) is 10.6. The van der Waals surface area contributed by atoms with Crippen molar-refractivity contribution in [3.63, 3.8) is 0 Å². The third-order valence-electron chi connectivity index (χ3n) is 4.46. The number of benzene rings is 1. The molecule has 0 bridgehead atoms. The van der Waals surface area contributed by atoms with Gasteiger partial charge < -0.3 is 12.5 Å². The molecule has 1 aliphatic carbocycles. The number of aliphatic hydroxyl groups is 1. The van der Waals surface area contributed by atoms with Gasteiger partial charge >= 0.3 is 0 Å². The van der Waals surface area contributed by atoms with Gasteiger partial charge in [0.15, 0.2) is 11.6 Å². The molecule has 0 spiro atoms. The van der Waals surface area contributed by atoms with Crippen LogP contribution in [0.25, 0.3) is 10.7 Å². The average molecular weight is 532 g/mol. The van der Waals surface area contributed by atoms with Crippen molar-refractivity contribution < 1.29 is 55.0 Å². The standard InChI is InChI=1S/C17H16F2N2O3S2.C2H6.CH3.Y/c1-9-4-2-3-5-11(9)15-13(22)14-16(20-17(25-14)10-6-7-10)21(8-12(18)19)26(15,23)24;1-2;;/h2-5,10,12,22H,6-8H2,1H3;1-2H3;1H3;/q;;-1;. The van der Waals surface area contributed by atoms with Crippen LogP contribution in [-0.4, -0.2) is 31.5 Å². The maximum absolute atomic E-state index is 13.1. The number of rotatable bonds is 4. The summed E-state index contributed by atoms with van der Waals surface area (Å²) in [6.45, 7) is 4.71. The number of hydrogen-bond acceptors (Lipinski definition) is 5. The Labute approximate surface area is 206 Å². The van der Waals surface area contributed by atoms with Crippen molar-refractivity contribution in [2.45, 2.75) is 46.0 Å². The van der Waals surface area contributed by atoms with Gasteiger partial charge in [-0.2, -0.15) is 0 Å². The molecule has 1 saturated carbocycles. The van der Waals surface area contributed by atoms with Crippen molar-refractivity contribution in [3.05, 3.63) is 52.7 Å². The summed E-state index contributed by atoms with van der Waals surface area (Å²) >= 11 is 1.18. The first-order chi connectivity index (χ1) is 13.3. The van der Waals surface area contributed by atoms with Crippen LogP contribution in [-0.2, 0) is 42.7 Å². The minimum absolute atomic E-state index is 0. The number of aryl methyl sites for hydroxylation is 1. The number of thiazole rings is 1. The quantitative estimate of drug-likeness (QED) is 0.521. The maximum Gasteiger partial charge on any atom is 0.270 e. The van der Waals surface area contributed by atoms with Crippen LogP contribution in [0.3, 0.4) is 0 Å². The van der Waals surface area contributed by atoms with Crippen molar-refractivity contribution in [1.82, 2.24) is 4.98 Å². The zero-order chi connectivity index (χ0) is 20.6. The summed E-state index contributed by atoms with van der Waals surface area (Å²) in [6.07, 6.45) is -0.992. The Morgan fingerprint density at radius 1 is 1.27 bits per heavy atom. The normalized spacial score (nSPS) is 16.8. The molecule has 4 rings (SSSR count). The Kier molecular flexibility index (Phi) is 9.60. The van der Waals surface area contributed by atoms with Gasteiger partial charge in [0.25, 0.3) is 16.4 Å². The van der Waals surface area contributed by atoms with Crippen molar-refractivity contribution in [2.24, 2.45) is 0 Å². The first-order valence-corrected chi connectivity index (χ1v) is 11.4. The van der Waals surface area contributed by atoms with Crippen LogP contribution in [0.4, 0.5) is 14.6 Å². The number of aliphatic hydroxyl groups excluding tert-OH is 1. The van der Waals surface area contributed by atoms with Crippen molar-refractivity contribution in [1.29, 1.82) is 0 Å². The summed E-state index contributed by atoms with van der Waals surface area (Å²) in [5.74, 6) is -0.285. The first-order valence-electron chi connectivity index (χ1n) is 9.12. The van der Waals surface area contributed by atoms with E-state index in [0.717, 1.165) is 12.8 Å². The van der Waals surface area contributed by atoms with Gasteiger partial charge in [-0.25, -0.2) is 26.5 Å². The van der Waals surface area contributed by atoms with Gasteiger partial charge in [0.05, 0.1) is 11.6 Å². The Morgan fingerprint density at radius 2 is 1.87 bits per heavy atom. The van der Waals surface area contributed by atoms with E-state index < -0.39 is 28.8 Å². The van der Waals surface area contributed by atoms with Crippen LogP contribution in [0.2, 0.25) is 0 Å². The van der Waals surface area contributed by atoms with E-state index in [1.54, 1.807) is 31.2 Å². The minimum Gasteiger partial charge on any atom is -0.505 e. The van der Waals surface area contributed by atoms with E-state index in [2.05, 4.69) is 4.98 Å². The van der Waals surface area contributed by atoms with E-state index >= 15 is 0 Å². The number of fused-ring (bicyclic) bond motifs is 1. The molecule has 0 atom stereocenters. The molecular formula is C20H25F2N2O3S2Y-. The molecule has 2 aliphatic rings. The van der Waals surface area contributed by atoms with E-state index in [1.807, 2.05) is 13.8 Å². The second-order valence-corrected chi connectivity index (χ2v) is 9.23. The molecule has 1 aromatic carbocycles. The molecule has 0 amide bonds. The number of alkyl halides is 2. The van der Waals surface area contributed by atoms with Crippen molar-refractivity contribution in [3.8, 4) is 0 Å². The summed E-state index contributed by atoms with van der Waals surface area (Å²) in [4.78, 5) is 4.18. The van der Waals surface area contributed by atoms with E-state index in [0.29, 0.717) is 20.4 Å². The summed E-state index contributed by atoms with van der Waals surface area (Å²) < 4.78 is 53.1. The van der Waals surface area contributed by atoms with Gasteiger partial charge in [0, 0.05) is 44.2 Å². The molecular weight excluding hydrogens is 507 g/mol. The topological polar surface area (TPSA) is 70.5 Å². The molecule has 2 heterocycles. The van der Waals surface area contributed by atoms with Crippen LogP contribution in [0.5, 0.6) is 0 Å². The first kappa shape index (κ1) is 27.1. The molecule has 10 heteroatoms. The number of anilines is 1. The van der Waals surface area contributed by atoms with Gasteiger partial charge in [0.1, 0.15) is 9.78 Å². The molecule has 0 saturated heterocycles. The molecule has 5 nitrogen and oxygen atoms in total. The van der Waals surface area contributed by atoms with E-state index in [4.69, 9.17) is 0 Å². The fourth-order valence-corrected chi connectivity index (χ4v) is 6.06. The number of aromatic nitrogens is 1. The molecule has 1 aromatic heterocycles. The zero-order valence-corrected chi connectivity index (χ0v) is 21.9. The molecule has 1 aliphatic heterocycles. The molecule has 1 fully saturated rings. The summed E-state index contributed by atoms with van der Waals surface area (Å²) in [7, 11) is -4.36. The van der Waals surface area contributed by atoms with Crippen LogP contribution in [0, 0.1) is 14.4 Å². The third-order valence-corrected chi connectivity index (χ3v) is 7.51. The molecule has 30 heavy (non-hydrogen) atoms.